The molecule has 6 atom stereocenters. The lowest BCUT2D eigenvalue weighted by Gasteiger charge is -2.21. The maximum atomic E-state index is 13.1. The van der Waals surface area contributed by atoms with Gasteiger partial charge in [0.15, 0.2) is 12.2 Å². The van der Waals surface area contributed by atoms with Crippen LogP contribution in [0.25, 0.3) is 0 Å². The van der Waals surface area contributed by atoms with Crippen LogP contribution in [0.2, 0.25) is 0 Å². The van der Waals surface area contributed by atoms with Crippen LogP contribution in [0.5, 0.6) is 0 Å². The van der Waals surface area contributed by atoms with Crippen LogP contribution in [-0.2, 0) is 65.4 Å². The predicted octanol–water partition coefficient (Wildman–Crippen LogP) is 21.3. The number of rotatable bonds is 71. The summed E-state index contributed by atoms with van der Waals surface area (Å²) in [5.41, 5.74) is 0. The van der Waals surface area contributed by atoms with E-state index in [2.05, 4.69) is 55.4 Å². The highest BCUT2D eigenvalue weighted by atomic mass is 31.2. The van der Waals surface area contributed by atoms with Gasteiger partial charge < -0.3 is 33.8 Å². The van der Waals surface area contributed by atoms with Crippen LogP contribution in [0, 0.1) is 23.7 Å². The van der Waals surface area contributed by atoms with Gasteiger partial charge in [0.05, 0.1) is 26.4 Å². The Morgan fingerprint density at radius 1 is 0.301 bits per heavy atom. The molecule has 4 unspecified atom stereocenters. The SMILES string of the molecule is CCC(C)CCCCCCCCCCC(=O)O[C@H](COC(=O)CCCCCCCCCCC(C)C)COP(=O)(O)OCC(O)COP(=O)(O)OC[C@@H](COC(=O)CCCCCCCCCCCCC(C)C)OC(=O)CCCCCCCCCCCCCCCCC(C)C. The third-order valence-corrected chi connectivity index (χ3v) is 19.3. The Morgan fingerprint density at radius 3 is 0.763 bits per heavy atom. The van der Waals surface area contributed by atoms with Gasteiger partial charge in [-0.3, -0.25) is 37.3 Å². The normalized spacial score (nSPS) is 14.5. The van der Waals surface area contributed by atoms with Crippen LogP contribution in [0.3, 0.4) is 0 Å². The van der Waals surface area contributed by atoms with E-state index in [0.29, 0.717) is 25.7 Å². The van der Waals surface area contributed by atoms with E-state index in [-0.39, 0.29) is 25.7 Å². The Morgan fingerprint density at radius 2 is 0.516 bits per heavy atom. The van der Waals surface area contributed by atoms with Crippen molar-refractivity contribution in [1.29, 1.82) is 0 Å². The summed E-state index contributed by atoms with van der Waals surface area (Å²) in [7, 11) is -9.91. The van der Waals surface area contributed by atoms with Gasteiger partial charge in [0.25, 0.3) is 0 Å². The van der Waals surface area contributed by atoms with Crippen LogP contribution in [0.15, 0.2) is 0 Å². The molecule has 0 bridgehead atoms. The molecule has 0 saturated carbocycles. The van der Waals surface area contributed by atoms with Gasteiger partial charge in [0, 0.05) is 25.7 Å². The fourth-order valence-electron chi connectivity index (χ4n) is 11.2. The molecule has 0 aromatic rings. The minimum atomic E-state index is -4.96. The molecule has 0 aromatic heterocycles. The Kier molecular flexibility index (Phi) is 62.2. The number of ether oxygens (including phenoxy) is 4. The first kappa shape index (κ1) is 91.1. The molecule has 0 amide bonds. The average molecular weight is 1370 g/mol. The molecular weight excluding hydrogens is 1220 g/mol. The monoisotopic (exact) mass is 1370 g/mol. The van der Waals surface area contributed by atoms with Crippen LogP contribution >= 0.6 is 15.6 Å². The molecule has 3 N–H and O–H groups in total. The summed E-state index contributed by atoms with van der Waals surface area (Å²) in [6.45, 7) is 14.2. The van der Waals surface area contributed by atoms with Gasteiger partial charge in [0.2, 0.25) is 0 Å². The van der Waals surface area contributed by atoms with E-state index in [9.17, 15) is 43.2 Å². The third kappa shape index (κ3) is 67.0. The standard InChI is InChI=1S/C74H144O17P2/c1-9-67(8)53-45-37-29-23-25-33-41-49-57-74(79)91-70(61-85-72(77)55-47-39-31-24-22-28-36-44-52-66(6)7)63-89-93(82,83)87-59-68(75)58-86-92(80,81)88-62-69(60-84-71(76)54-46-38-30-20-17-16-19-27-35-43-51-65(4)5)90-73(78)56-48-40-32-21-15-13-11-10-12-14-18-26-34-42-50-64(2)3/h64-70,75H,9-63H2,1-8H3,(H,80,81)(H,82,83)/t67?,68?,69-,70-/m1/s1. The summed E-state index contributed by atoms with van der Waals surface area (Å²) >= 11 is 0. The van der Waals surface area contributed by atoms with Crippen LogP contribution in [-0.4, -0.2) is 96.7 Å². The molecule has 17 nitrogen and oxygen atoms in total. The first-order valence-corrected chi connectivity index (χ1v) is 41.2. The quantitative estimate of drug-likeness (QED) is 0.0222. The predicted molar refractivity (Wildman–Crippen MR) is 377 cm³/mol. The van der Waals surface area contributed by atoms with E-state index in [1.54, 1.807) is 0 Å². The molecule has 0 radical (unpaired) electrons. The Bertz CT molecular complexity index is 1840. The third-order valence-electron chi connectivity index (χ3n) is 17.4. The Balaban J connectivity index is 5.26. The molecule has 0 rings (SSSR count). The zero-order valence-electron chi connectivity index (χ0n) is 60.9. The smallest absolute Gasteiger partial charge is 0.462 e. The number of aliphatic hydroxyl groups is 1. The van der Waals surface area contributed by atoms with Crippen LogP contribution in [0.4, 0.5) is 0 Å². The molecule has 0 heterocycles. The van der Waals surface area contributed by atoms with Crippen molar-refractivity contribution >= 4 is 39.5 Å². The molecule has 0 aliphatic rings. The number of hydrogen-bond acceptors (Lipinski definition) is 15. The lowest BCUT2D eigenvalue weighted by molar-refractivity contribution is -0.161. The number of phosphoric acid groups is 2. The van der Waals surface area contributed by atoms with E-state index in [1.807, 2.05) is 0 Å². The molecule has 0 saturated heterocycles. The van der Waals surface area contributed by atoms with Crippen molar-refractivity contribution in [1.82, 2.24) is 0 Å². The molecule has 0 aliphatic carbocycles. The summed E-state index contributed by atoms with van der Waals surface area (Å²) in [6, 6.07) is 0. The summed E-state index contributed by atoms with van der Waals surface area (Å²) in [5, 5.41) is 10.6. The number of hydrogen-bond donors (Lipinski definition) is 3. The van der Waals surface area contributed by atoms with Crippen molar-refractivity contribution in [2.75, 3.05) is 39.6 Å². The van der Waals surface area contributed by atoms with Gasteiger partial charge in [-0.15, -0.1) is 0 Å². The zero-order chi connectivity index (χ0) is 68.9. The van der Waals surface area contributed by atoms with E-state index < -0.39 is 97.5 Å². The first-order chi connectivity index (χ1) is 44.6. The number of esters is 4. The molecule has 552 valence electrons. The Labute approximate surface area is 568 Å². The molecule has 0 fully saturated rings. The molecule has 0 aliphatic heterocycles. The van der Waals surface area contributed by atoms with Crippen molar-refractivity contribution in [2.45, 2.75) is 388 Å². The van der Waals surface area contributed by atoms with Crippen molar-refractivity contribution in [3.63, 3.8) is 0 Å². The minimum absolute atomic E-state index is 0.104. The van der Waals surface area contributed by atoms with Crippen LogP contribution < -0.4 is 0 Å². The van der Waals surface area contributed by atoms with Crippen LogP contribution in [0.1, 0.15) is 370 Å². The van der Waals surface area contributed by atoms with Gasteiger partial charge in [-0.25, -0.2) is 9.13 Å². The van der Waals surface area contributed by atoms with Crippen molar-refractivity contribution in [3.8, 4) is 0 Å². The average Bonchev–Trinajstić information content (AvgIpc) is 2.36. The van der Waals surface area contributed by atoms with E-state index in [1.165, 1.54) is 173 Å². The second-order valence-corrected chi connectivity index (χ2v) is 31.3. The lowest BCUT2D eigenvalue weighted by Crippen LogP contribution is -2.30. The maximum Gasteiger partial charge on any atom is 0.472 e. The fraction of sp³-hybridized carbons (Fsp3) is 0.946. The molecule has 0 spiro atoms. The number of phosphoric ester groups is 2. The highest BCUT2D eigenvalue weighted by Crippen LogP contribution is 2.45. The highest BCUT2D eigenvalue weighted by molar-refractivity contribution is 7.47. The van der Waals surface area contributed by atoms with Crippen molar-refractivity contribution in [3.05, 3.63) is 0 Å². The summed E-state index contributed by atoms with van der Waals surface area (Å²) in [4.78, 5) is 72.7. The second kappa shape index (κ2) is 63.5. The second-order valence-electron chi connectivity index (χ2n) is 28.4. The van der Waals surface area contributed by atoms with Gasteiger partial charge >= 0.3 is 39.5 Å². The zero-order valence-corrected chi connectivity index (χ0v) is 62.7. The van der Waals surface area contributed by atoms with E-state index in [4.69, 9.17) is 37.0 Å². The number of aliphatic hydroxyl groups excluding tert-OH is 1. The lowest BCUT2D eigenvalue weighted by atomic mass is 9.99. The Hall–Kier alpha value is -1.94. The van der Waals surface area contributed by atoms with Crippen molar-refractivity contribution < 1.29 is 80.2 Å². The number of unbranched alkanes of at least 4 members (excludes halogenated alkanes) is 36. The number of carbonyl (C=O) groups is 4. The van der Waals surface area contributed by atoms with Gasteiger partial charge in [-0.05, 0) is 49.4 Å². The minimum Gasteiger partial charge on any atom is -0.462 e. The number of carbonyl (C=O) groups excluding carboxylic acids is 4. The van der Waals surface area contributed by atoms with E-state index >= 15 is 0 Å². The largest absolute Gasteiger partial charge is 0.472 e. The maximum absolute atomic E-state index is 13.1. The van der Waals surface area contributed by atoms with E-state index in [0.717, 1.165) is 114 Å². The highest BCUT2D eigenvalue weighted by Gasteiger charge is 2.30. The fourth-order valence-corrected chi connectivity index (χ4v) is 12.7. The topological polar surface area (TPSA) is 237 Å². The molecule has 93 heavy (non-hydrogen) atoms. The van der Waals surface area contributed by atoms with Gasteiger partial charge in [-0.1, -0.05) is 319 Å². The first-order valence-electron chi connectivity index (χ1n) is 38.2. The molecular formula is C74H144O17P2. The summed E-state index contributed by atoms with van der Waals surface area (Å²) in [6.07, 6.45) is 47.1. The molecule has 19 heteroatoms. The van der Waals surface area contributed by atoms with Crippen molar-refractivity contribution in [2.24, 2.45) is 23.7 Å². The summed E-state index contributed by atoms with van der Waals surface area (Å²) < 4.78 is 68.5. The van der Waals surface area contributed by atoms with Gasteiger partial charge in [-0.2, -0.15) is 0 Å². The van der Waals surface area contributed by atoms with Gasteiger partial charge in [0.1, 0.15) is 19.3 Å². The molecule has 0 aromatic carbocycles. The summed E-state index contributed by atoms with van der Waals surface area (Å²) in [5.74, 6) is 0.925.